The van der Waals surface area contributed by atoms with Gasteiger partial charge in [0.15, 0.2) is 0 Å². The van der Waals surface area contributed by atoms with E-state index in [1.807, 2.05) is 36.4 Å². The first-order valence-corrected chi connectivity index (χ1v) is 6.88. The first-order valence-electron chi connectivity index (χ1n) is 6.88. The number of rotatable bonds is 5. The van der Waals surface area contributed by atoms with Crippen LogP contribution in [0.2, 0.25) is 0 Å². The highest BCUT2D eigenvalue weighted by molar-refractivity contribution is 5.99. The summed E-state index contributed by atoms with van der Waals surface area (Å²) < 4.78 is 0. The van der Waals surface area contributed by atoms with E-state index in [0.29, 0.717) is 11.3 Å². The van der Waals surface area contributed by atoms with Crippen molar-refractivity contribution in [3.05, 3.63) is 81.9 Å². The van der Waals surface area contributed by atoms with Crippen LogP contribution in [0.4, 0.5) is 5.69 Å². The Morgan fingerprint density at radius 2 is 1.78 bits per heavy atom. The van der Waals surface area contributed by atoms with Gasteiger partial charge in [-0.15, -0.1) is 0 Å². The molecule has 2 aromatic carbocycles. The van der Waals surface area contributed by atoms with Gasteiger partial charge in [-0.3, -0.25) is 14.9 Å². The molecule has 116 valence electrons. The summed E-state index contributed by atoms with van der Waals surface area (Å²) in [5.74, 6) is -0.424. The molecule has 0 heterocycles. The Morgan fingerprint density at radius 1 is 1.13 bits per heavy atom. The Labute approximate surface area is 133 Å². The van der Waals surface area contributed by atoms with Gasteiger partial charge in [-0.1, -0.05) is 36.4 Å². The molecule has 1 N–H and O–H groups in total. The van der Waals surface area contributed by atoms with E-state index in [1.165, 1.54) is 24.3 Å². The number of non-ortho nitro benzene ring substituents is 1. The molecule has 0 bridgehead atoms. The molecule has 2 aromatic rings. The number of hydrogen-bond acceptors (Lipinski definition) is 4. The molecule has 0 aromatic heterocycles. The quantitative estimate of drug-likeness (QED) is 0.522. The van der Waals surface area contributed by atoms with Gasteiger partial charge in [0.1, 0.15) is 0 Å². The average molecular weight is 309 g/mol. The van der Waals surface area contributed by atoms with Crippen LogP contribution in [0.1, 0.15) is 22.8 Å². The molecule has 0 aliphatic rings. The Kier molecular flexibility index (Phi) is 5.35. The zero-order valence-corrected chi connectivity index (χ0v) is 12.5. The molecule has 2 rings (SSSR count). The van der Waals surface area contributed by atoms with E-state index < -0.39 is 10.8 Å². The van der Waals surface area contributed by atoms with Crippen molar-refractivity contribution in [2.75, 3.05) is 0 Å². The van der Waals surface area contributed by atoms with Crippen LogP contribution in [0, 0.1) is 10.1 Å². The second-order valence-corrected chi connectivity index (χ2v) is 4.74. The van der Waals surface area contributed by atoms with E-state index in [0.717, 1.165) is 5.56 Å². The maximum absolute atomic E-state index is 11.9. The number of nitro benzene ring substituents is 1. The highest BCUT2D eigenvalue weighted by Gasteiger charge is 2.08. The third-order valence-corrected chi connectivity index (χ3v) is 2.99. The van der Waals surface area contributed by atoms with Gasteiger partial charge >= 0.3 is 0 Å². The Bertz CT molecular complexity index is 750. The van der Waals surface area contributed by atoms with Gasteiger partial charge in [-0.25, -0.2) is 5.43 Å². The minimum Gasteiger partial charge on any atom is -0.267 e. The van der Waals surface area contributed by atoms with Crippen molar-refractivity contribution in [3.63, 3.8) is 0 Å². The zero-order valence-electron chi connectivity index (χ0n) is 12.5. The number of nitrogens with zero attached hydrogens (tertiary/aromatic N) is 2. The normalized spacial score (nSPS) is 11.4. The van der Waals surface area contributed by atoms with Crippen LogP contribution in [0.3, 0.4) is 0 Å². The predicted molar refractivity (Wildman–Crippen MR) is 89.1 cm³/mol. The molecular weight excluding hydrogens is 294 g/mol. The lowest BCUT2D eigenvalue weighted by Gasteiger charge is -2.00. The van der Waals surface area contributed by atoms with E-state index in [1.54, 1.807) is 13.0 Å². The molecule has 0 saturated heterocycles. The summed E-state index contributed by atoms with van der Waals surface area (Å²) in [5.41, 5.74) is 4.31. The first kappa shape index (κ1) is 16.1. The number of hydrogen-bond donors (Lipinski definition) is 1. The van der Waals surface area contributed by atoms with Crippen molar-refractivity contribution in [3.8, 4) is 0 Å². The van der Waals surface area contributed by atoms with Crippen LogP contribution in [0.15, 0.2) is 65.8 Å². The van der Waals surface area contributed by atoms with Crippen molar-refractivity contribution in [1.29, 1.82) is 0 Å². The number of carbonyl (C=O) groups is 1. The monoisotopic (exact) mass is 309 g/mol. The second-order valence-electron chi connectivity index (χ2n) is 4.74. The van der Waals surface area contributed by atoms with Crippen LogP contribution < -0.4 is 5.43 Å². The number of benzene rings is 2. The fraction of sp³-hybridized carbons (Fsp3) is 0.0588. The fourth-order valence-corrected chi connectivity index (χ4v) is 1.76. The Hall–Kier alpha value is -3.28. The summed E-state index contributed by atoms with van der Waals surface area (Å²) >= 11 is 0. The number of nitrogens with one attached hydrogen (secondary N) is 1. The van der Waals surface area contributed by atoms with Gasteiger partial charge < -0.3 is 0 Å². The predicted octanol–water partition coefficient (Wildman–Crippen LogP) is 3.41. The lowest BCUT2D eigenvalue weighted by atomic mass is 10.2. The van der Waals surface area contributed by atoms with Crippen LogP contribution in [-0.4, -0.2) is 16.5 Å². The van der Waals surface area contributed by atoms with E-state index >= 15 is 0 Å². The van der Waals surface area contributed by atoms with Gasteiger partial charge in [0.25, 0.3) is 11.6 Å². The lowest BCUT2D eigenvalue weighted by molar-refractivity contribution is -0.384. The number of hydrazone groups is 1. The van der Waals surface area contributed by atoms with Crippen molar-refractivity contribution in [1.82, 2.24) is 5.43 Å². The Morgan fingerprint density at radius 3 is 2.39 bits per heavy atom. The standard InChI is InChI=1S/C17H15N3O3/c1-13(7-8-14-5-3-2-4-6-14)18-19-17(21)15-9-11-16(12-10-15)20(22)23/h2-12H,1H3,(H,19,21)/b8-7?,18-13+. The molecule has 0 atom stereocenters. The summed E-state index contributed by atoms with van der Waals surface area (Å²) in [7, 11) is 0. The number of allylic oxidation sites excluding steroid dienone is 1. The van der Waals surface area contributed by atoms with Gasteiger partial charge in [-0.2, -0.15) is 5.10 Å². The summed E-state index contributed by atoms with van der Waals surface area (Å²) in [6, 6.07) is 15.0. The summed E-state index contributed by atoms with van der Waals surface area (Å²) in [4.78, 5) is 21.9. The van der Waals surface area contributed by atoms with Crippen LogP contribution in [0.25, 0.3) is 6.08 Å². The smallest absolute Gasteiger partial charge is 0.267 e. The molecule has 23 heavy (non-hydrogen) atoms. The minimum atomic E-state index is -0.516. The first-order chi connectivity index (χ1) is 11.1. The van der Waals surface area contributed by atoms with E-state index in [9.17, 15) is 14.9 Å². The van der Waals surface area contributed by atoms with Gasteiger partial charge in [0.05, 0.1) is 10.6 Å². The molecule has 6 heteroatoms. The molecular formula is C17H15N3O3. The molecule has 6 nitrogen and oxygen atoms in total. The topological polar surface area (TPSA) is 84.6 Å². The van der Waals surface area contributed by atoms with Crippen molar-refractivity contribution in [2.24, 2.45) is 5.10 Å². The second kappa shape index (κ2) is 7.65. The lowest BCUT2D eigenvalue weighted by Crippen LogP contribution is -2.18. The summed E-state index contributed by atoms with van der Waals surface area (Å²) in [6.07, 6.45) is 3.67. The van der Waals surface area contributed by atoms with Crippen LogP contribution >= 0.6 is 0 Å². The fourth-order valence-electron chi connectivity index (χ4n) is 1.76. The highest BCUT2D eigenvalue weighted by Crippen LogP contribution is 2.11. The van der Waals surface area contributed by atoms with Crippen LogP contribution in [-0.2, 0) is 0 Å². The zero-order chi connectivity index (χ0) is 16.7. The Balaban J connectivity index is 1.97. The third-order valence-electron chi connectivity index (χ3n) is 2.99. The maximum Gasteiger partial charge on any atom is 0.271 e. The third kappa shape index (κ3) is 4.89. The van der Waals surface area contributed by atoms with Crippen molar-refractivity contribution in [2.45, 2.75) is 6.92 Å². The van der Waals surface area contributed by atoms with Gasteiger partial charge in [-0.05, 0) is 30.7 Å². The molecule has 0 fully saturated rings. The van der Waals surface area contributed by atoms with Crippen molar-refractivity contribution >= 4 is 23.4 Å². The number of amides is 1. The highest BCUT2D eigenvalue weighted by atomic mass is 16.6. The van der Waals surface area contributed by atoms with Gasteiger partial charge in [0, 0.05) is 17.7 Å². The SMILES string of the molecule is C/C(C=Cc1ccccc1)=N\NC(=O)c1ccc([N+](=O)[O-])cc1. The largest absolute Gasteiger partial charge is 0.271 e. The van der Waals surface area contributed by atoms with Crippen LogP contribution in [0.5, 0.6) is 0 Å². The molecule has 0 unspecified atom stereocenters. The molecule has 1 amide bonds. The molecule has 0 spiro atoms. The molecule has 0 saturated carbocycles. The van der Waals surface area contributed by atoms with Gasteiger partial charge in [0.2, 0.25) is 0 Å². The van der Waals surface area contributed by atoms with E-state index in [-0.39, 0.29) is 5.69 Å². The minimum absolute atomic E-state index is 0.0629. The maximum atomic E-state index is 11.9. The number of carbonyl (C=O) groups excluding carboxylic acids is 1. The molecule has 0 aliphatic carbocycles. The number of nitro groups is 1. The average Bonchev–Trinajstić information content (AvgIpc) is 2.58. The summed E-state index contributed by atoms with van der Waals surface area (Å²) in [6.45, 7) is 1.76. The summed E-state index contributed by atoms with van der Waals surface area (Å²) in [5, 5.41) is 14.5. The van der Waals surface area contributed by atoms with E-state index in [2.05, 4.69) is 10.5 Å². The van der Waals surface area contributed by atoms with E-state index in [4.69, 9.17) is 0 Å². The molecule has 0 radical (unpaired) electrons. The molecule has 0 aliphatic heterocycles. The van der Waals surface area contributed by atoms with Crippen molar-refractivity contribution < 1.29 is 9.72 Å².